The summed E-state index contributed by atoms with van der Waals surface area (Å²) in [7, 11) is 0. The molecule has 17 heavy (non-hydrogen) atoms. The van der Waals surface area contributed by atoms with E-state index in [9.17, 15) is 0 Å². The highest BCUT2D eigenvalue weighted by Crippen LogP contribution is 2.17. The molecule has 0 spiro atoms. The van der Waals surface area contributed by atoms with E-state index in [1.165, 1.54) is 12.8 Å². The van der Waals surface area contributed by atoms with E-state index in [1.807, 2.05) is 19.1 Å². The van der Waals surface area contributed by atoms with Gasteiger partial charge < -0.3 is 10.6 Å². The lowest BCUT2D eigenvalue weighted by Crippen LogP contribution is -2.31. The zero-order valence-electron chi connectivity index (χ0n) is 10.3. The van der Waals surface area contributed by atoms with Crippen LogP contribution in [0, 0.1) is 24.2 Å². The van der Waals surface area contributed by atoms with Gasteiger partial charge in [-0.1, -0.05) is 0 Å². The number of nitrogens with one attached hydrogen (secondary N) is 2. The number of anilines is 1. The maximum absolute atomic E-state index is 8.87. The standard InChI is InChI=1S/C14H19N3/c1-11-8-14(3-2-13(11)9-15)17-10-12-4-6-16-7-5-12/h2-3,8,12,16-17H,4-7,10H2,1H3. The average Bonchev–Trinajstić information content (AvgIpc) is 2.38. The Morgan fingerprint density at radius 2 is 2.18 bits per heavy atom. The van der Waals surface area contributed by atoms with E-state index in [0.717, 1.165) is 42.4 Å². The molecule has 2 N–H and O–H groups in total. The predicted molar refractivity (Wildman–Crippen MR) is 70.0 cm³/mol. The van der Waals surface area contributed by atoms with Crippen LogP contribution >= 0.6 is 0 Å². The Bertz CT molecular complexity index is 414. The van der Waals surface area contributed by atoms with E-state index in [4.69, 9.17) is 5.26 Å². The molecule has 1 aromatic carbocycles. The number of aryl methyl sites for hydroxylation is 1. The Hall–Kier alpha value is -1.53. The smallest absolute Gasteiger partial charge is 0.0994 e. The molecule has 1 aliphatic rings. The summed E-state index contributed by atoms with van der Waals surface area (Å²) in [5, 5.41) is 15.7. The average molecular weight is 229 g/mol. The molecule has 0 amide bonds. The number of nitriles is 1. The first-order valence-electron chi connectivity index (χ1n) is 6.25. The van der Waals surface area contributed by atoms with Crippen LogP contribution in [0.25, 0.3) is 0 Å². The van der Waals surface area contributed by atoms with Gasteiger partial charge >= 0.3 is 0 Å². The minimum atomic E-state index is 0.761. The lowest BCUT2D eigenvalue weighted by molar-refractivity contribution is 0.390. The molecule has 90 valence electrons. The van der Waals surface area contributed by atoms with Crippen LogP contribution < -0.4 is 10.6 Å². The second-order valence-corrected chi connectivity index (χ2v) is 4.72. The van der Waals surface area contributed by atoms with Crippen molar-refractivity contribution in [2.45, 2.75) is 19.8 Å². The van der Waals surface area contributed by atoms with Crippen LogP contribution in [0.1, 0.15) is 24.0 Å². The van der Waals surface area contributed by atoms with Crippen LogP contribution in [0.2, 0.25) is 0 Å². The van der Waals surface area contributed by atoms with Gasteiger partial charge in [-0.25, -0.2) is 0 Å². The molecule has 1 saturated heterocycles. The number of rotatable bonds is 3. The number of benzene rings is 1. The van der Waals surface area contributed by atoms with Crippen LogP contribution in [0.5, 0.6) is 0 Å². The fourth-order valence-electron chi connectivity index (χ4n) is 2.25. The van der Waals surface area contributed by atoms with Crippen LogP contribution in [0.4, 0.5) is 5.69 Å². The van der Waals surface area contributed by atoms with Crippen LogP contribution in [-0.2, 0) is 0 Å². The minimum absolute atomic E-state index is 0.761. The quantitative estimate of drug-likeness (QED) is 0.836. The van der Waals surface area contributed by atoms with Gasteiger partial charge in [-0.15, -0.1) is 0 Å². The third-order valence-corrected chi connectivity index (χ3v) is 3.40. The van der Waals surface area contributed by atoms with Crippen molar-refractivity contribution in [3.63, 3.8) is 0 Å². The fourth-order valence-corrected chi connectivity index (χ4v) is 2.25. The fraction of sp³-hybridized carbons (Fsp3) is 0.500. The van der Waals surface area contributed by atoms with Crippen molar-refractivity contribution in [3.05, 3.63) is 29.3 Å². The van der Waals surface area contributed by atoms with Crippen molar-refractivity contribution >= 4 is 5.69 Å². The van der Waals surface area contributed by atoms with Gasteiger partial charge in [0.2, 0.25) is 0 Å². The van der Waals surface area contributed by atoms with Crippen LogP contribution in [0.15, 0.2) is 18.2 Å². The Balaban J connectivity index is 1.90. The van der Waals surface area contributed by atoms with Crippen molar-refractivity contribution in [3.8, 4) is 6.07 Å². The Morgan fingerprint density at radius 3 is 2.82 bits per heavy atom. The van der Waals surface area contributed by atoms with Gasteiger partial charge in [0.1, 0.15) is 0 Å². The molecule has 0 radical (unpaired) electrons. The van der Waals surface area contributed by atoms with E-state index in [2.05, 4.69) is 22.8 Å². The molecule has 1 aromatic rings. The van der Waals surface area contributed by atoms with E-state index in [0.29, 0.717) is 0 Å². The lowest BCUT2D eigenvalue weighted by atomic mass is 9.98. The maximum atomic E-state index is 8.87. The molecular weight excluding hydrogens is 210 g/mol. The lowest BCUT2D eigenvalue weighted by Gasteiger charge is -2.23. The van der Waals surface area contributed by atoms with Gasteiger partial charge in [-0.3, -0.25) is 0 Å². The topological polar surface area (TPSA) is 47.8 Å². The first kappa shape index (κ1) is 11.9. The molecule has 1 fully saturated rings. The Kier molecular flexibility index (Phi) is 4.00. The molecular formula is C14H19N3. The molecule has 0 saturated carbocycles. The summed E-state index contributed by atoms with van der Waals surface area (Å²) in [6.45, 7) is 5.29. The van der Waals surface area contributed by atoms with Crippen LogP contribution in [0.3, 0.4) is 0 Å². The highest BCUT2D eigenvalue weighted by Gasteiger charge is 2.12. The normalized spacial score (nSPS) is 16.5. The van der Waals surface area contributed by atoms with Gasteiger partial charge in [-0.05, 0) is 62.5 Å². The molecule has 0 unspecified atom stereocenters. The number of hydrogen-bond acceptors (Lipinski definition) is 3. The monoisotopic (exact) mass is 229 g/mol. The highest BCUT2D eigenvalue weighted by atomic mass is 14.9. The number of piperidine rings is 1. The van der Waals surface area contributed by atoms with E-state index < -0.39 is 0 Å². The molecule has 0 aromatic heterocycles. The van der Waals surface area contributed by atoms with Gasteiger partial charge in [0, 0.05) is 12.2 Å². The zero-order chi connectivity index (χ0) is 12.1. The third kappa shape index (κ3) is 3.21. The highest BCUT2D eigenvalue weighted by molar-refractivity contribution is 5.51. The van der Waals surface area contributed by atoms with Crippen molar-refractivity contribution in [1.82, 2.24) is 5.32 Å². The summed E-state index contributed by atoms with van der Waals surface area (Å²) in [5.74, 6) is 0.771. The zero-order valence-corrected chi connectivity index (χ0v) is 10.3. The molecule has 2 rings (SSSR count). The van der Waals surface area contributed by atoms with Gasteiger partial charge in [0.05, 0.1) is 11.6 Å². The molecule has 0 aliphatic carbocycles. The molecule has 3 heteroatoms. The molecule has 0 atom stereocenters. The second kappa shape index (κ2) is 5.70. The maximum Gasteiger partial charge on any atom is 0.0994 e. The van der Waals surface area contributed by atoms with Crippen molar-refractivity contribution in [1.29, 1.82) is 5.26 Å². The molecule has 3 nitrogen and oxygen atoms in total. The molecule has 1 heterocycles. The van der Waals surface area contributed by atoms with E-state index in [1.54, 1.807) is 0 Å². The van der Waals surface area contributed by atoms with Gasteiger partial charge in [0.25, 0.3) is 0 Å². The van der Waals surface area contributed by atoms with Crippen molar-refractivity contribution in [2.24, 2.45) is 5.92 Å². The number of nitrogens with zero attached hydrogens (tertiary/aromatic N) is 1. The van der Waals surface area contributed by atoms with Crippen molar-refractivity contribution < 1.29 is 0 Å². The third-order valence-electron chi connectivity index (χ3n) is 3.40. The van der Waals surface area contributed by atoms with Crippen molar-refractivity contribution in [2.75, 3.05) is 25.0 Å². The first-order valence-corrected chi connectivity index (χ1v) is 6.25. The van der Waals surface area contributed by atoms with E-state index >= 15 is 0 Å². The summed E-state index contributed by atoms with van der Waals surface area (Å²) in [5.41, 5.74) is 2.93. The first-order chi connectivity index (χ1) is 8.29. The summed E-state index contributed by atoms with van der Waals surface area (Å²) in [4.78, 5) is 0. The summed E-state index contributed by atoms with van der Waals surface area (Å²) < 4.78 is 0. The molecule has 0 bridgehead atoms. The predicted octanol–water partition coefficient (Wildman–Crippen LogP) is 2.28. The number of hydrogen-bond donors (Lipinski definition) is 2. The van der Waals surface area contributed by atoms with Gasteiger partial charge in [-0.2, -0.15) is 5.26 Å². The Labute approximate surface area is 103 Å². The summed E-state index contributed by atoms with van der Waals surface area (Å²) in [6.07, 6.45) is 2.50. The summed E-state index contributed by atoms with van der Waals surface area (Å²) >= 11 is 0. The second-order valence-electron chi connectivity index (χ2n) is 4.72. The largest absolute Gasteiger partial charge is 0.385 e. The van der Waals surface area contributed by atoms with Crippen LogP contribution in [-0.4, -0.2) is 19.6 Å². The minimum Gasteiger partial charge on any atom is -0.385 e. The molecule has 1 aliphatic heterocycles. The summed E-state index contributed by atoms with van der Waals surface area (Å²) in [6, 6.07) is 8.13. The van der Waals surface area contributed by atoms with E-state index in [-0.39, 0.29) is 0 Å². The Morgan fingerprint density at radius 1 is 1.41 bits per heavy atom. The van der Waals surface area contributed by atoms with Gasteiger partial charge in [0.15, 0.2) is 0 Å². The SMILES string of the molecule is Cc1cc(NCC2CCNCC2)ccc1C#N.